The van der Waals surface area contributed by atoms with E-state index in [1.165, 1.54) is 25.7 Å². The zero-order valence-electron chi connectivity index (χ0n) is 11.0. The Hall–Kier alpha value is -0.770. The molecule has 2 rings (SSSR count). The molecule has 2 aliphatic heterocycles. The van der Waals surface area contributed by atoms with Crippen molar-refractivity contribution in [2.75, 3.05) is 39.8 Å². The quantitative estimate of drug-likeness (QED) is 0.793. The first-order chi connectivity index (χ1) is 8.31. The van der Waals surface area contributed by atoms with Gasteiger partial charge < -0.3 is 15.1 Å². The molecule has 0 radical (unpaired) electrons. The second kappa shape index (κ2) is 6.24. The average Bonchev–Trinajstić information content (AvgIpc) is 2.40. The standard InChI is InChI=1S/C13H25N3O/c1-14-10-12-6-5-9-16(11-12)13(17)15-7-3-2-4-8-15/h12,14H,2-11H2,1H3. The summed E-state index contributed by atoms with van der Waals surface area (Å²) in [4.78, 5) is 16.4. The number of likely N-dealkylation sites (tertiary alicyclic amines) is 2. The van der Waals surface area contributed by atoms with Gasteiger partial charge >= 0.3 is 6.03 Å². The summed E-state index contributed by atoms with van der Waals surface area (Å²) in [6.07, 6.45) is 6.06. The smallest absolute Gasteiger partial charge is 0.320 e. The van der Waals surface area contributed by atoms with E-state index in [-0.39, 0.29) is 6.03 Å². The maximum absolute atomic E-state index is 12.3. The van der Waals surface area contributed by atoms with Crippen LogP contribution >= 0.6 is 0 Å². The molecule has 0 aromatic carbocycles. The number of rotatable bonds is 2. The Balaban J connectivity index is 1.85. The van der Waals surface area contributed by atoms with Crippen LogP contribution in [0.5, 0.6) is 0 Å². The summed E-state index contributed by atoms with van der Waals surface area (Å²) >= 11 is 0. The Bertz CT molecular complexity index is 249. The van der Waals surface area contributed by atoms with E-state index in [2.05, 4.69) is 10.2 Å². The van der Waals surface area contributed by atoms with E-state index in [0.717, 1.165) is 39.1 Å². The first kappa shape index (κ1) is 12.7. The second-order valence-electron chi connectivity index (χ2n) is 5.34. The van der Waals surface area contributed by atoms with Crippen LogP contribution in [0.1, 0.15) is 32.1 Å². The predicted octanol–water partition coefficient (Wildman–Crippen LogP) is 1.52. The fourth-order valence-corrected chi connectivity index (χ4v) is 2.98. The summed E-state index contributed by atoms with van der Waals surface area (Å²) in [5.74, 6) is 0.641. The fraction of sp³-hybridized carbons (Fsp3) is 0.923. The van der Waals surface area contributed by atoms with Gasteiger partial charge in [0, 0.05) is 26.2 Å². The number of hydrogen-bond acceptors (Lipinski definition) is 2. The van der Waals surface area contributed by atoms with Crippen LogP contribution in [0.2, 0.25) is 0 Å². The lowest BCUT2D eigenvalue weighted by atomic mass is 9.98. The van der Waals surface area contributed by atoms with Gasteiger partial charge in [-0.15, -0.1) is 0 Å². The molecule has 4 nitrogen and oxygen atoms in total. The molecular formula is C13H25N3O. The lowest BCUT2D eigenvalue weighted by Gasteiger charge is -2.37. The average molecular weight is 239 g/mol. The number of piperidine rings is 2. The van der Waals surface area contributed by atoms with Gasteiger partial charge in [-0.2, -0.15) is 0 Å². The van der Waals surface area contributed by atoms with Crippen molar-refractivity contribution in [3.63, 3.8) is 0 Å². The van der Waals surface area contributed by atoms with Crippen LogP contribution in [0.25, 0.3) is 0 Å². The number of carbonyl (C=O) groups is 1. The highest BCUT2D eigenvalue weighted by Gasteiger charge is 2.27. The predicted molar refractivity (Wildman–Crippen MR) is 69.0 cm³/mol. The Morgan fingerprint density at radius 1 is 1.12 bits per heavy atom. The molecule has 2 heterocycles. The van der Waals surface area contributed by atoms with Crippen LogP contribution in [-0.2, 0) is 0 Å². The lowest BCUT2D eigenvalue weighted by Crippen LogP contribution is -2.50. The van der Waals surface area contributed by atoms with E-state index in [1.54, 1.807) is 0 Å². The van der Waals surface area contributed by atoms with E-state index in [0.29, 0.717) is 5.92 Å². The minimum Gasteiger partial charge on any atom is -0.325 e. The normalized spacial score (nSPS) is 26.1. The van der Waals surface area contributed by atoms with E-state index in [4.69, 9.17) is 0 Å². The van der Waals surface area contributed by atoms with Crippen molar-refractivity contribution in [2.24, 2.45) is 5.92 Å². The van der Waals surface area contributed by atoms with E-state index in [1.807, 2.05) is 11.9 Å². The third-order valence-electron chi connectivity index (χ3n) is 3.91. The summed E-state index contributed by atoms with van der Waals surface area (Å²) < 4.78 is 0. The molecule has 4 heteroatoms. The molecule has 0 bridgehead atoms. The summed E-state index contributed by atoms with van der Waals surface area (Å²) in [7, 11) is 1.99. The Labute approximate surface area is 104 Å². The van der Waals surface area contributed by atoms with Gasteiger partial charge in [0.2, 0.25) is 0 Å². The summed E-state index contributed by atoms with van der Waals surface area (Å²) in [6, 6.07) is 0.283. The number of urea groups is 1. The van der Waals surface area contributed by atoms with Crippen LogP contribution < -0.4 is 5.32 Å². The third-order valence-corrected chi connectivity index (χ3v) is 3.91. The molecule has 2 aliphatic rings. The van der Waals surface area contributed by atoms with Gasteiger partial charge in [-0.3, -0.25) is 0 Å². The van der Waals surface area contributed by atoms with Crippen molar-refractivity contribution in [1.82, 2.24) is 15.1 Å². The SMILES string of the molecule is CNCC1CCCN(C(=O)N2CCCCC2)C1. The third kappa shape index (κ3) is 3.35. The Morgan fingerprint density at radius 2 is 1.82 bits per heavy atom. The number of amides is 2. The Morgan fingerprint density at radius 3 is 2.53 bits per heavy atom. The van der Waals surface area contributed by atoms with E-state index >= 15 is 0 Å². The van der Waals surface area contributed by atoms with Gasteiger partial charge in [0.1, 0.15) is 0 Å². The van der Waals surface area contributed by atoms with E-state index in [9.17, 15) is 4.79 Å². The molecule has 2 saturated heterocycles. The van der Waals surface area contributed by atoms with Crippen molar-refractivity contribution < 1.29 is 4.79 Å². The highest BCUT2D eigenvalue weighted by molar-refractivity contribution is 5.74. The van der Waals surface area contributed by atoms with Crippen molar-refractivity contribution in [1.29, 1.82) is 0 Å². The molecule has 0 aromatic rings. The number of hydrogen-bond donors (Lipinski definition) is 1. The maximum Gasteiger partial charge on any atom is 0.320 e. The lowest BCUT2D eigenvalue weighted by molar-refractivity contribution is 0.121. The molecule has 0 spiro atoms. The summed E-state index contributed by atoms with van der Waals surface area (Å²) in [5.41, 5.74) is 0. The molecule has 2 amide bonds. The monoisotopic (exact) mass is 239 g/mol. The molecule has 0 saturated carbocycles. The van der Waals surface area contributed by atoms with Crippen LogP contribution in [0.4, 0.5) is 4.79 Å². The van der Waals surface area contributed by atoms with Gasteiger partial charge in [-0.1, -0.05) is 0 Å². The van der Waals surface area contributed by atoms with Crippen LogP contribution in [0.3, 0.4) is 0 Å². The highest BCUT2D eigenvalue weighted by atomic mass is 16.2. The Kier molecular flexibility index (Phi) is 4.66. The first-order valence-electron chi connectivity index (χ1n) is 6.99. The van der Waals surface area contributed by atoms with Gasteiger partial charge in [0.05, 0.1) is 0 Å². The summed E-state index contributed by atoms with van der Waals surface area (Å²) in [6.45, 7) is 4.85. The largest absolute Gasteiger partial charge is 0.325 e. The molecular weight excluding hydrogens is 214 g/mol. The van der Waals surface area contributed by atoms with Gasteiger partial charge in [0.15, 0.2) is 0 Å². The topological polar surface area (TPSA) is 35.6 Å². The van der Waals surface area contributed by atoms with Gasteiger partial charge in [0.25, 0.3) is 0 Å². The van der Waals surface area contributed by atoms with Crippen LogP contribution in [0, 0.1) is 5.92 Å². The molecule has 98 valence electrons. The van der Waals surface area contributed by atoms with Crippen molar-refractivity contribution in [3.05, 3.63) is 0 Å². The molecule has 0 aliphatic carbocycles. The molecule has 17 heavy (non-hydrogen) atoms. The minimum atomic E-state index is 0.283. The second-order valence-corrected chi connectivity index (χ2v) is 5.34. The first-order valence-corrected chi connectivity index (χ1v) is 6.99. The molecule has 1 unspecified atom stereocenters. The minimum absolute atomic E-state index is 0.283. The zero-order valence-corrected chi connectivity index (χ0v) is 11.0. The zero-order chi connectivity index (χ0) is 12.1. The molecule has 1 atom stereocenters. The van der Waals surface area contributed by atoms with Gasteiger partial charge in [-0.05, 0) is 51.6 Å². The maximum atomic E-state index is 12.3. The molecule has 1 N–H and O–H groups in total. The highest BCUT2D eigenvalue weighted by Crippen LogP contribution is 2.19. The summed E-state index contributed by atoms with van der Waals surface area (Å²) in [5, 5.41) is 3.22. The molecule has 2 fully saturated rings. The number of nitrogens with one attached hydrogen (secondary N) is 1. The van der Waals surface area contributed by atoms with Gasteiger partial charge in [-0.25, -0.2) is 4.79 Å². The van der Waals surface area contributed by atoms with Crippen LogP contribution in [0.15, 0.2) is 0 Å². The van der Waals surface area contributed by atoms with Crippen molar-refractivity contribution >= 4 is 6.03 Å². The molecule has 0 aromatic heterocycles. The van der Waals surface area contributed by atoms with Crippen molar-refractivity contribution in [3.8, 4) is 0 Å². The fourth-order valence-electron chi connectivity index (χ4n) is 2.98. The van der Waals surface area contributed by atoms with Crippen LogP contribution in [-0.4, -0.2) is 55.6 Å². The number of carbonyl (C=O) groups excluding carboxylic acids is 1. The van der Waals surface area contributed by atoms with E-state index < -0.39 is 0 Å². The number of nitrogens with zero attached hydrogens (tertiary/aromatic N) is 2. The van der Waals surface area contributed by atoms with Crippen molar-refractivity contribution in [2.45, 2.75) is 32.1 Å².